The molecular weight excluding hydrogens is 472 g/mol. The fraction of sp³-hybridized carbons (Fsp3) is 0.333. The van der Waals surface area contributed by atoms with Gasteiger partial charge in [-0.05, 0) is 54.2 Å². The van der Waals surface area contributed by atoms with Crippen molar-refractivity contribution in [3.63, 3.8) is 0 Å². The molecular formula is C30H31ClN2O3. The van der Waals surface area contributed by atoms with Crippen LogP contribution in [0, 0.1) is 0 Å². The summed E-state index contributed by atoms with van der Waals surface area (Å²) in [6, 6.07) is 23.9. The SMILES string of the molecule is O=C(NCCc1ccccc1)[C@@H]1c2ccccc2C(=O)N([C@H]2CCCC[C@@H]2O)[C@H]1c1ccc(Cl)cc1. The number of carbonyl (C=O) groups excluding carboxylic acids is 2. The number of aliphatic hydroxyl groups excluding tert-OH is 1. The first-order chi connectivity index (χ1) is 17.5. The Balaban J connectivity index is 1.54. The van der Waals surface area contributed by atoms with Crippen LogP contribution in [0.15, 0.2) is 78.9 Å². The smallest absolute Gasteiger partial charge is 0.255 e. The zero-order valence-electron chi connectivity index (χ0n) is 20.1. The molecule has 0 saturated heterocycles. The fourth-order valence-corrected chi connectivity index (χ4v) is 5.84. The molecule has 1 fully saturated rings. The number of hydrogen-bond acceptors (Lipinski definition) is 3. The highest BCUT2D eigenvalue weighted by atomic mass is 35.5. The first kappa shape index (κ1) is 24.5. The van der Waals surface area contributed by atoms with Crippen molar-refractivity contribution in [2.45, 2.75) is 56.2 Å². The van der Waals surface area contributed by atoms with E-state index in [0.717, 1.165) is 36.0 Å². The Morgan fingerprint density at radius 2 is 1.64 bits per heavy atom. The summed E-state index contributed by atoms with van der Waals surface area (Å²) in [5.41, 5.74) is 3.24. The molecule has 186 valence electrons. The van der Waals surface area contributed by atoms with Gasteiger partial charge in [0.25, 0.3) is 5.91 Å². The van der Waals surface area contributed by atoms with E-state index < -0.39 is 18.1 Å². The minimum atomic E-state index is -0.621. The lowest BCUT2D eigenvalue weighted by Crippen LogP contribution is -2.55. The standard InChI is InChI=1S/C30H31ClN2O3/c31-22-16-14-21(15-17-22)28-27(29(35)32-19-18-20-8-2-1-3-9-20)23-10-4-5-11-24(23)30(36)33(28)25-12-6-7-13-26(25)34/h1-5,8-11,14-17,25-28,34H,6-7,12-13,18-19H2,(H,32,35)/t25-,26-,27+,28-/m0/s1. The molecule has 0 unspecified atom stereocenters. The molecule has 0 bridgehead atoms. The maximum atomic E-state index is 13.9. The number of nitrogens with zero attached hydrogens (tertiary/aromatic N) is 1. The highest BCUT2D eigenvalue weighted by Gasteiger charge is 2.48. The highest BCUT2D eigenvalue weighted by Crippen LogP contribution is 2.46. The third kappa shape index (κ3) is 4.91. The quantitative estimate of drug-likeness (QED) is 0.481. The number of benzene rings is 3. The lowest BCUT2D eigenvalue weighted by atomic mass is 9.76. The largest absolute Gasteiger partial charge is 0.391 e. The number of rotatable bonds is 6. The van der Waals surface area contributed by atoms with Crippen LogP contribution in [0.25, 0.3) is 0 Å². The number of carbonyl (C=O) groups is 2. The summed E-state index contributed by atoms with van der Waals surface area (Å²) in [5, 5.41) is 14.7. The highest BCUT2D eigenvalue weighted by molar-refractivity contribution is 6.30. The second-order valence-corrected chi connectivity index (χ2v) is 10.2. The van der Waals surface area contributed by atoms with Gasteiger partial charge in [-0.25, -0.2) is 0 Å². The summed E-state index contributed by atoms with van der Waals surface area (Å²) < 4.78 is 0. The Kier molecular flexibility index (Phi) is 7.40. The monoisotopic (exact) mass is 502 g/mol. The van der Waals surface area contributed by atoms with Crippen LogP contribution in [-0.2, 0) is 11.2 Å². The molecule has 6 heteroatoms. The molecule has 2 N–H and O–H groups in total. The molecule has 1 heterocycles. The average Bonchev–Trinajstić information content (AvgIpc) is 2.90. The maximum Gasteiger partial charge on any atom is 0.255 e. The van der Waals surface area contributed by atoms with E-state index in [0.29, 0.717) is 30.0 Å². The van der Waals surface area contributed by atoms with E-state index in [1.54, 1.807) is 23.1 Å². The summed E-state index contributed by atoms with van der Waals surface area (Å²) in [6.45, 7) is 0.495. The Hall–Kier alpha value is -3.15. The molecule has 0 aromatic heterocycles. The maximum absolute atomic E-state index is 13.9. The van der Waals surface area contributed by atoms with Crippen LogP contribution in [0.2, 0.25) is 5.02 Å². The van der Waals surface area contributed by atoms with E-state index >= 15 is 0 Å². The van der Waals surface area contributed by atoms with Crippen molar-refractivity contribution in [1.29, 1.82) is 0 Å². The van der Waals surface area contributed by atoms with Crippen LogP contribution in [0.3, 0.4) is 0 Å². The second-order valence-electron chi connectivity index (χ2n) is 9.72. The van der Waals surface area contributed by atoms with Gasteiger partial charge in [-0.2, -0.15) is 0 Å². The summed E-state index contributed by atoms with van der Waals surface area (Å²) in [7, 11) is 0. The van der Waals surface area contributed by atoms with Crippen LogP contribution >= 0.6 is 11.6 Å². The molecule has 0 spiro atoms. The minimum absolute atomic E-state index is 0.124. The number of aliphatic hydroxyl groups is 1. The van der Waals surface area contributed by atoms with Gasteiger partial charge in [-0.1, -0.05) is 85.1 Å². The van der Waals surface area contributed by atoms with Crippen molar-refractivity contribution in [3.05, 3.63) is 106 Å². The Morgan fingerprint density at radius 1 is 0.944 bits per heavy atom. The van der Waals surface area contributed by atoms with Crippen LogP contribution in [0.5, 0.6) is 0 Å². The molecule has 4 atom stereocenters. The van der Waals surface area contributed by atoms with Crippen molar-refractivity contribution in [2.75, 3.05) is 6.54 Å². The number of nitrogens with one attached hydrogen (secondary N) is 1. The first-order valence-electron chi connectivity index (χ1n) is 12.7. The Labute approximate surface area is 217 Å². The molecule has 1 aliphatic heterocycles. The lowest BCUT2D eigenvalue weighted by molar-refractivity contribution is -0.125. The lowest BCUT2D eigenvalue weighted by Gasteiger charge is -2.48. The van der Waals surface area contributed by atoms with Gasteiger partial charge < -0.3 is 15.3 Å². The normalized spacial score (nSPS) is 23.7. The van der Waals surface area contributed by atoms with E-state index in [-0.39, 0.29) is 17.9 Å². The van der Waals surface area contributed by atoms with Gasteiger partial charge in [0.15, 0.2) is 0 Å². The van der Waals surface area contributed by atoms with E-state index in [4.69, 9.17) is 11.6 Å². The zero-order valence-corrected chi connectivity index (χ0v) is 20.9. The molecule has 5 rings (SSSR count). The number of fused-ring (bicyclic) bond motifs is 1. The van der Waals surface area contributed by atoms with E-state index in [1.165, 1.54) is 0 Å². The topological polar surface area (TPSA) is 69.6 Å². The van der Waals surface area contributed by atoms with Gasteiger partial charge in [0.05, 0.1) is 24.1 Å². The molecule has 36 heavy (non-hydrogen) atoms. The molecule has 1 aliphatic carbocycles. The zero-order chi connectivity index (χ0) is 25.1. The molecule has 2 amide bonds. The van der Waals surface area contributed by atoms with Crippen molar-refractivity contribution in [2.24, 2.45) is 0 Å². The van der Waals surface area contributed by atoms with E-state index in [9.17, 15) is 14.7 Å². The third-order valence-electron chi connectivity index (χ3n) is 7.48. The summed E-state index contributed by atoms with van der Waals surface area (Å²) >= 11 is 6.19. The number of hydrogen-bond donors (Lipinski definition) is 2. The van der Waals surface area contributed by atoms with Gasteiger partial charge in [-0.3, -0.25) is 9.59 Å². The minimum Gasteiger partial charge on any atom is -0.391 e. The van der Waals surface area contributed by atoms with Gasteiger partial charge in [0.1, 0.15) is 0 Å². The number of amides is 2. The predicted octanol–water partition coefficient (Wildman–Crippen LogP) is 5.28. The summed E-state index contributed by atoms with van der Waals surface area (Å²) in [6.07, 6.45) is 3.33. The number of halogens is 1. The van der Waals surface area contributed by atoms with Gasteiger partial charge >= 0.3 is 0 Å². The van der Waals surface area contributed by atoms with Crippen LogP contribution in [-0.4, -0.2) is 40.5 Å². The Bertz CT molecular complexity index is 1210. The fourth-order valence-electron chi connectivity index (χ4n) is 5.71. The molecule has 2 aliphatic rings. The van der Waals surface area contributed by atoms with Gasteiger partial charge in [0.2, 0.25) is 5.91 Å². The van der Waals surface area contributed by atoms with Gasteiger partial charge in [0, 0.05) is 17.1 Å². The predicted molar refractivity (Wildman–Crippen MR) is 141 cm³/mol. The molecule has 0 radical (unpaired) electrons. The van der Waals surface area contributed by atoms with Crippen LogP contribution in [0.4, 0.5) is 0 Å². The first-order valence-corrected chi connectivity index (χ1v) is 13.1. The van der Waals surface area contributed by atoms with Crippen LogP contribution in [0.1, 0.15) is 64.7 Å². The summed E-state index contributed by atoms with van der Waals surface area (Å²) in [4.78, 5) is 29.6. The molecule has 1 saturated carbocycles. The summed E-state index contributed by atoms with van der Waals surface area (Å²) in [5.74, 6) is -0.865. The van der Waals surface area contributed by atoms with Crippen LogP contribution < -0.4 is 5.32 Å². The van der Waals surface area contributed by atoms with Crippen molar-refractivity contribution >= 4 is 23.4 Å². The Morgan fingerprint density at radius 3 is 2.39 bits per heavy atom. The van der Waals surface area contributed by atoms with Crippen molar-refractivity contribution < 1.29 is 14.7 Å². The van der Waals surface area contributed by atoms with E-state index in [1.807, 2.05) is 60.7 Å². The van der Waals surface area contributed by atoms with Crippen molar-refractivity contribution in [1.82, 2.24) is 10.2 Å². The molecule has 5 nitrogen and oxygen atoms in total. The molecule has 3 aromatic carbocycles. The van der Waals surface area contributed by atoms with E-state index in [2.05, 4.69) is 5.32 Å². The van der Waals surface area contributed by atoms with Crippen molar-refractivity contribution in [3.8, 4) is 0 Å². The average molecular weight is 503 g/mol. The molecule has 3 aromatic rings. The van der Waals surface area contributed by atoms with Gasteiger partial charge in [-0.15, -0.1) is 0 Å². The third-order valence-corrected chi connectivity index (χ3v) is 7.73. The second kappa shape index (κ2) is 10.9.